The molecule has 108 valence electrons. The van der Waals surface area contributed by atoms with Crippen molar-refractivity contribution >= 4 is 15.9 Å². The van der Waals surface area contributed by atoms with Crippen LogP contribution >= 0.6 is 15.9 Å². The van der Waals surface area contributed by atoms with Gasteiger partial charge in [0.2, 0.25) is 0 Å². The molecule has 0 saturated heterocycles. The molecule has 0 aliphatic carbocycles. The highest BCUT2D eigenvalue weighted by atomic mass is 79.9. The topological polar surface area (TPSA) is 21.3 Å². The summed E-state index contributed by atoms with van der Waals surface area (Å²) in [7, 11) is 0. The van der Waals surface area contributed by atoms with Crippen molar-refractivity contribution in [1.29, 1.82) is 0 Å². The van der Waals surface area contributed by atoms with E-state index in [0.29, 0.717) is 12.0 Å². The molecule has 3 heteroatoms. The molecule has 1 N–H and O–H groups in total. The van der Waals surface area contributed by atoms with Crippen LogP contribution in [0.3, 0.4) is 0 Å². The first kappa shape index (κ1) is 16.5. The van der Waals surface area contributed by atoms with Crippen molar-refractivity contribution < 1.29 is 4.74 Å². The highest BCUT2D eigenvalue weighted by Gasteiger charge is 2.15. The SMILES string of the molecule is CCCNC(C)c1ccc(Br)cc1OC(C)C(C)C. The summed E-state index contributed by atoms with van der Waals surface area (Å²) in [6.07, 6.45) is 1.35. The van der Waals surface area contributed by atoms with E-state index in [9.17, 15) is 0 Å². The third-order valence-electron chi connectivity index (χ3n) is 3.39. The Bertz CT molecular complexity index is 392. The standard InChI is InChI=1S/C16H26BrNO/c1-6-9-18-12(4)15-8-7-14(17)10-16(15)19-13(5)11(2)3/h7-8,10-13,18H,6,9H2,1-5H3. The lowest BCUT2D eigenvalue weighted by Crippen LogP contribution is -2.23. The number of ether oxygens (including phenoxy) is 1. The van der Waals surface area contributed by atoms with Gasteiger partial charge in [-0.25, -0.2) is 0 Å². The van der Waals surface area contributed by atoms with E-state index in [1.54, 1.807) is 0 Å². The van der Waals surface area contributed by atoms with E-state index in [4.69, 9.17) is 4.74 Å². The maximum Gasteiger partial charge on any atom is 0.125 e. The quantitative estimate of drug-likeness (QED) is 0.766. The van der Waals surface area contributed by atoms with Gasteiger partial charge < -0.3 is 10.1 Å². The minimum atomic E-state index is 0.214. The third-order valence-corrected chi connectivity index (χ3v) is 3.89. The van der Waals surface area contributed by atoms with Gasteiger partial charge in [-0.1, -0.05) is 42.8 Å². The van der Waals surface area contributed by atoms with Crippen molar-refractivity contribution in [1.82, 2.24) is 5.32 Å². The van der Waals surface area contributed by atoms with Crippen LogP contribution in [-0.2, 0) is 0 Å². The lowest BCUT2D eigenvalue weighted by Gasteiger charge is -2.23. The number of hydrogen-bond acceptors (Lipinski definition) is 2. The molecule has 1 aromatic carbocycles. The molecule has 2 unspecified atom stereocenters. The van der Waals surface area contributed by atoms with Crippen molar-refractivity contribution in [2.45, 2.75) is 53.2 Å². The molecule has 0 fully saturated rings. The van der Waals surface area contributed by atoms with Crippen molar-refractivity contribution in [2.75, 3.05) is 6.54 Å². The van der Waals surface area contributed by atoms with E-state index in [1.807, 2.05) is 0 Å². The zero-order valence-electron chi connectivity index (χ0n) is 12.7. The fraction of sp³-hybridized carbons (Fsp3) is 0.625. The molecule has 1 rings (SSSR count). The molecule has 19 heavy (non-hydrogen) atoms. The Morgan fingerprint density at radius 2 is 1.89 bits per heavy atom. The van der Waals surface area contributed by atoms with Crippen LogP contribution in [0.2, 0.25) is 0 Å². The van der Waals surface area contributed by atoms with Crippen LogP contribution in [0.25, 0.3) is 0 Å². The van der Waals surface area contributed by atoms with Gasteiger partial charge >= 0.3 is 0 Å². The minimum Gasteiger partial charge on any atom is -0.490 e. The third kappa shape index (κ3) is 5.15. The molecule has 0 radical (unpaired) electrons. The van der Waals surface area contributed by atoms with Gasteiger partial charge in [0.1, 0.15) is 5.75 Å². The molecular weight excluding hydrogens is 302 g/mol. The Balaban J connectivity index is 2.90. The zero-order valence-corrected chi connectivity index (χ0v) is 14.3. The highest BCUT2D eigenvalue weighted by Crippen LogP contribution is 2.30. The van der Waals surface area contributed by atoms with Gasteiger partial charge in [0, 0.05) is 16.1 Å². The summed E-state index contributed by atoms with van der Waals surface area (Å²) in [6, 6.07) is 6.59. The first-order valence-corrected chi connectivity index (χ1v) is 7.94. The Morgan fingerprint density at radius 3 is 2.47 bits per heavy atom. The monoisotopic (exact) mass is 327 g/mol. The van der Waals surface area contributed by atoms with Crippen LogP contribution in [0.1, 0.15) is 52.6 Å². The van der Waals surface area contributed by atoms with E-state index >= 15 is 0 Å². The number of halogens is 1. The summed E-state index contributed by atoms with van der Waals surface area (Å²) in [4.78, 5) is 0. The molecule has 0 aliphatic rings. The van der Waals surface area contributed by atoms with E-state index in [1.165, 1.54) is 5.56 Å². The van der Waals surface area contributed by atoms with Crippen LogP contribution in [0.4, 0.5) is 0 Å². The average molecular weight is 328 g/mol. The second-order valence-electron chi connectivity index (χ2n) is 5.42. The second kappa shape index (κ2) is 7.91. The molecular formula is C16H26BrNO. The average Bonchev–Trinajstić information content (AvgIpc) is 2.36. The summed E-state index contributed by atoms with van der Waals surface area (Å²) in [5.74, 6) is 1.48. The highest BCUT2D eigenvalue weighted by molar-refractivity contribution is 9.10. The molecule has 2 nitrogen and oxygen atoms in total. The number of nitrogens with one attached hydrogen (secondary N) is 1. The number of hydrogen-bond donors (Lipinski definition) is 1. The van der Waals surface area contributed by atoms with Crippen LogP contribution in [0.5, 0.6) is 5.75 Å². The van der Waals surface area contributed by atoms with Crippen molar-refractivity contribution in [2.24, 2.45) is 5.92 Å². The number of benzene rings is 1. The molecule has 0 aromatic heterocycles. The lowest BCUT2D eigenvalue weighted by atomic mass is 10.1. The van der Waals surface area contributed by atoms with Gasteiger partial charge in [-0.15, -0.1) is 0 Å². The predicted molar refractivity (Wildman–Crippen MR) is 85.8 cm³/mol. The fourth-order valence-electron chi connectivity index (χ4n) is 1.78. The van der Waals surface area contributed by atoms with Gasteiger partial charge in [-0.3, -0.25) is 0 Å². The van der Waals surface area contributed by atoms with Crippen LogP contribution < -0.4 is 10.1 Å². The second-order valence-corrected chi connectivity index (χ2v) is 6.34. The van der Waals surface area contributed by atoms with E-state index in [2.05, 4.69) is 74.1 Å². The van der Waals surface area contributed by atoms with Crippen LogP contribution in [0.15, 0.2) is 22.7 Å². The Labute approximate surface area is 126 Å². The molecule has 0 spiro atoms. The maximum atomic E-state index is 6.12. The summed E-state index contributed by atoms with van der Waals surface area (Å²) < 4.78 is 7.18. The van der Waals surface area contributed by atoms with Gasteiger partial charge in [0.05, 0.1) is 6.10 Å². The summed E-state index contributed by atoms with van der Waals surface area (Å²) in [6.45, 7) is 11.9. The van der Waals surface area contributed by atoms with Gasteiger partial charge in [0.15, 0.2) is 0 Å². The van der Waals surface area contributed by atoms with Gasteiger partial charge in [-0.2, -0.15) is 0 Å². The number of rotatable bonds is 7. The Hall–Kier alpha value is -0.540. The maximum absolute atomic E-state index is 6.12. The van der Waals surface area contributed by atoms with E-state index in [-0.39, 0.29) is 6.10 Å². The predicted octanol–water partition coefficient (Wildman–Crippen LogP) is 4.93. The molecule has 0 heterocycles. The van der Waals surface area contributed by atoms with Gasteiger partial charge in [-0.05, 0) is 44.9 Å². The molecule has 0 amide bonds. The van der Waals surface area contributed by atoms with E-state index < -0.39 is 0 Å². The Kier molecular flexibility index (Phi) is 6.87. The first-order valence-electron chi connectivity index (χ1n) is 7.15. The minimum absolute atomic E-state index is 0.214. The van der Waals surface area contributed by atoms with Crippen molar-refractivity contribution in [3.05, 3.63) is 28.2 Å². The summed E-state index contributed by atoms with van der Waals surface area (Å²) >= 11 is 3.52. The zero-order chi connectivity index (χ0) is 14.4. The van der Waals surface area contributed by atoms with Gasteiger partial charge in [0.25, 0.3) is 0 Å². The van der Waals surface area contributed by atoms with E-state index in [0.717, 1.165) is 23.2 Å². The molecule has 0 bridgehead atoms. The smallest absolute Gasteiger partial charge is 0.125 e. The summed E-state index contributed by atoms with van der Waals surface area (Å²) in [5, 5.41) is 3.52. The van der Waals surface area contributed by atoms with Crippen molar-refractivity contribution in [3.8, 4) is 5.75 Å². The first-order chi connectivity index (χ1) is 8.95. The molecule has 0 aliphatic heterocycles. The molecule has 0 saturated carbocycles. The Morgan fingerprint density at radius 1 is 1.21 bits per heavy atom. The van der Waals surface area contributed by atoms with Crippen molar-refractivity contribution in [3.63, 3.8) is 0 Å². The summed E-state index contributed by atoms with van der Waals surface area (Å²) in [5.41, 5.74) is 1.23. The fourth-order valence-corrected chi connectivity index (χ4v) is 2.12. The normalized spacial score (nSPS) is 14.5. The van der Waals surface area contributed by atoms with Crippen LogP contribution in [-0.4, -0.2) is 12.6 Å². The lowest BCUT2D eigenvalue weighted by molar-refractivity contribution is 0.167. The van der Waals surface area contributed by atoms with Crippen LogP contribution in [0, 0.1) is 5.92 Å². The molecule has 2 atom stereocenters. The molecule has 1 aromatic rings. The largest absolute Gasteiger partial charge is 0.490 e.